The molecule has 0 bridgehead atoms. The van der Waals surface area contributed by atoms with Crippen LogP contribution in [0, 0.1) is 0 Å². The molecule has 1 heterocycles. The molecule has 1 aromatic carbocycles. The van der Waals surface area contributed by atoms with Crippen molar-refractivity contribution in [2.45, 2.75) is 50.1 Å². The van der Waals surface area contributed by atoms with Crippen molar-refractivity contribution in [1.29, 1.82) is 0 Å². The lowest BCUT2D eigenvalue weighted by Gasteiger charge is -2.12. The first kappa shape index (κ1) is 17.8. The minimum atomic E-state index is -0.275. The van der Waals surface area contributed by atoms with Crippen LogP contribution in [0.25, 0.3) is 0 Å². The maximum absolute atomic E-state index is 12.3. The standard InChI is InChI=1S/C16H21ClN4OS/c1-3-4-5-9-21-11-18-20-16(21)23-12(2)15(22)19-14-8-6-7-13(17)10-14/h6-8,10-12H,3-5,9H2,1-2H3,(H,19,22)/t12-/m0/s1. The summed E-state index contributed by atoms with van der Waals surface area (Å²) in [7, 11) is 0. The minimum Gasteiger partial charge on any atom is -0.325 e. The summed E-state index contributed by atoms with van der Waals surface area (Å²) in [6.07, 6.45) is 5.15. The van der Waals surface area contributed by atoms with Gasteiger partial charge in [0.2, 0.25) is 5.91 Å². The Balaban J connectivity index is 1.92. The lowest BCUT2D eigenvalue weighted by Crippen LogP contribution is -2.22. The molecule has 2 aromatic rings. The molecule has 124 valence electrons. The Bertz CT molecular complexity index is 647. The average Bonchev–Trinajstić information content (AvgIpc) is 2.95. The number of carbonyl (C=O) groups is 1. The van der Waals surface area contributed by atoms with Gasteiger partial charge in [0, 0.05) is 17.3 Å². The number of nitrogens with one attached hydrogen (secondary N) is 1. The summed E-state index contributed by atoms with van der Waals surface area (Å²) in [6.45, 7) is 4.91. The van der Waals surface area contributed by atoms with Gasteiger partial charge in [-0.25, -0.2) is 0 Å². The maximum atomic E-state index is 12.3. The van der Waals surface area contributed by atoms with Crippen LogP contribution in [-0.2, 0) is 11.3 Å². The Morgan fingerprint density at radius 2 is 2.26 bits per heavy atom. The van der Waals surface area contributed by atoms with Gasteiger partial charge in [0.05, 0.1) is 5.25 Å². The van der Waals surface area contributed by atoms with Crippen LogP contribution in [0.4, 0.5) is 5.69 Å². The van der Waals surface area contributed by atoms with Crippen molar-refractivity contribution in [2.75, 3.05) is 5.32 Å². The van der Waals surface area contributed by atoms with Crippen LogP contribution in [0.5, 0.6) is 0 Å². The lowest BCUT2D eigenvalue weighted by molar-refractivity contribution is -0.115. The van der Waals surface area contributed by atoms with E-state index < -0.39 is 0 Å². The fourth-order valence-electron chi connectivity index (χ4n) is 2.04. The first-order valence-corrected chi connectivity index (χ1v) is 8.96. The van der Waals surface area contributed by atoms with Gasteiger partial charge in [-0.05, 0) is 31.5 Å². The van der Waals surface area contributed by atoms with Crippen molar-refractivity contribution >= 4 is 35.0 Å². The molecule has 1 atom stereocenters. The second-order valence-corrected chi connectivity index (χ2v) is 7.02. The molecule has 0 fully saturated rings. The van der Waals surface area contributed by atoms with E-state index in [4.69, 9.17) is 11.6 Å². The molecule has 0 radical (unpaired) electrons. The molecule has 5 nitrogen and oxygen atoms in total. The summed E-state index contributed by atoms with van der Waals surface area (Å²) in [5.41, 5.74) is 0.694. The van der Waals surface area contributed by atoms with Gasteiger partial charge >= 0.3 is 0 Å². The number of benzene rings is 1. The topological polar surface area (TPSA) is 59.8 Å². The smallest absolute Gasteiger partial charge is 0.237 e. The summed E-state index contributed by atoms with van der Waals surface area (Å²) in [5.74, 6) is -0.0830. The summed E-state index contributed by atoms with van der Waals surface area (Å²) >= 11 is 7.34. The highest BCUT2D eigenvalue weighted by Gasteiger charge is 2.18. The van der Waals surface area contributed by atoms with Gasteiger partial charge in [-0.3, -0.25) is 4.79 Å². The molecule has 23 heavy (non-hydrogen) atoms. The molecule has 0 spiro atoms. The fourth-order valence-corrected chi connectivity index (χ4v) is 3.08. The van der Waals surface area contributed by atoms with E-state index in [2.05, 4.69) is 22.4 Å². The monoisotopic (exact) mass is 352 g/mol. The van der Waals surface area contributed by atoms with Crippen LogP contribution in [0.3, 0.4) is 0 Å². The SMILES string of the molecule is CCCCCn1cnnc1S[C@@H](C)C(=O)Nc1cccc(Cl)c1. The number of aryl methyl sites for hydroxylation is 1. The van der Waals surface area contributed by atoms with Crippen LogP contribution in [-0.4, -0.2) is 25.9 Å². The van der Waals surface area contributed by atoms with Gasteiger partial charge in [0.15, 0.2) is 5.16 Å². The number of anilines is 1. The number of rotatable bonds is 8. The van der Waals surface area contributed by atoms with Gasteiger partial charge in [0.25, 0.3) is 0 Å². The molecule has 0 saturated heterocycles. The Hall–Kier alpha value is -1.53. The van der Waals surface area contributed by atoms with E-state index in [0.29, 0.717) is 10.7 Å². The predicted octanol–water partition coefficient (Wildman–Crippen LogP) is 4.24. The second kappa shape index (κ2) is 8.93. The highest BCUT2D eigenvalue weighted by molar-refractivity contribution is 8.00. The van der Waals surface area contributed by atoms with E-state index in [-0.39, 0.29) is 11.2 Å². The Kier molecular flexibility index (Phi) is 6.92. The molecule has 0 saturated carbocycles. The number of thioether (sulfide) groups is 1. The van der Waals surface area contributed by atoms with Gasteiger partial charge in [-0.1, -0.05) is 49.2 Å². The number of unbranched alkanes of at least 4 members (excludes halogenated alkanes) is 2. The van der Waals surface area contributed by atoms with Crippen LogP contribution in [0.1, 0.15) is 33.1 Å². The van der Waals surface area contributed by atoms with Gasteiger partial charge < -0.3 is 9.88 Å². The van der Waals surface area contributed by atoms with Gasteiger partial charge in [-0.15, -0.1) is 10.2 Å². The molecule has 1 aromatic heterocycles. The van der Waals surface area contributed by atoms with Crippen LogP contribution in [0.15, 0.2) is 35.7 Å². The van der Waals surface area contributed by atoms with Gasteiger partial charge in [-0.2, -0.15) is 0 Å². The molecule has 2 rings (SSSR count). The Morgan fingerprint density at radius 1 is 1.43 bits per heavy atom. The third kappa shape index (κ3) is 5.55. The third-order valence-electron chi connectivity index (χ3n) is 3.33. The van der Waals surface area contributed by atoms with E-state index in [0.717, 1.165) is 18.1 Å². The Labute approximate surface area is 145 Å². The largest absolute Gasteiger partial charge is 0.325 e. The first-order chi connectivity index (χ1) is 11.1. The summed E-state index contributed by atoms with van der Waals surface area (Å²) in [5, 5.41) is 12.0. The molecule has 1 amide bonds. The molecule has 0 unspecified atom stereocenters. The van der Waals surface area contributed by atoms with Crippen molar-refractivity contribution in [1.82, 2.24) is 14.8 Å². The summed E-state index contributed by atoms with van der Waals surface area (Å²) in [6, 6.07) is 7.12. The Morgan fingerprint density at radius 3 is 3.00 bits per heavy atom. The van der Waals surface area contributed by atoms with Crippen molar-refractivity contribution in [3.05, 3.63) is 35.6 Å². The normalized spacial score (nSPS) is 12.1. The van der Waals surface area contributed by atoms with Crippen molar-refractivity contribution < 1.29 is 4.79 Å². The highest BCUT2D eigenvalue weighted by Crippen LogP contribution is 2.23. The van der Waals surface area contributed by atoms with E-state index >= 15 is 0 Å². The average molecular weight is 353 g/mol. The van der Waals surface area contributed by atoms with E-state index in [1.54, 1.807) is 24.5 Å². The number of nitrogens with zero attached hydrogens (tertiary/aromatic N) is 3. The van der Waals surface area contributed by atoms with Crippen molar-refractivity contribution in [2.24, 2.45) is 0 Å². The zero-order valence-electron chi connectivity index (χ0n) is 13.3. The number of hydrogen-bond donors (Lipinski definition) is 1. The molecule has 1 N–H and O–H groups in total. The molecular weight excluding hydrogens is 332 g/mol. The van der Waals surface area contributed by atoms with Crippen LogP contribution in [0.2, 0.25) is 5.02 Å². The summed E-state index contributed by atoms with van der Waals surface area (Å²) in [4.78, 5) is 12.3. The van der Waals surface area contributed by atoms with Crippen molar-refractivity contribution in [3.63, 3.8) is 0 Å². The number of carbonyl (C=O) groups excluding carboxylic acids is 1. The minimum absolute atomic E-state index is 0.0830. The van der Waals surface area contributed by atoms with E-state index in [9.17, 15) is 4.79 Å². The molecule has 0 aliphatic carbocycles. The highest BCUT2D eigenvalue weighted by atomic mass is 35.5. The lowest BCUT2D eigenvalue weighted by atomic mass is 10.2. The van der Waals surface area contributed by atoms with E-state index in [1.807, 2.05) is 17.6 Å². The fraction of sp³-hybridized carbons (Fsp3) is 0.438. The zero-order chi connectivity index (χ0) is 16.7. The zero-order valence-corrected chi connectivity index (χ0v) is 14.9. The maximum Gasteiger partial charge on any atom is 0.237 e. The molecule has 0 aliphatic heterocycles. The van der Waals surface area contributed by atoms with Crippen LogP contribution < -0.4 is 5.32 Å². The number of aromatic nitrogens is 3. The van der Waals surface area contributed by atoms with Crippen LogP contribution >= 0.6 is 23.4 Å². The predicted molar refractivity (Wildman–Crippen MR) is 94.9 cm³/mol. The number of halogens is 1. The quantitative estimate of drug-likeness (QED) is 0.570. The molecule has 7 heteroatoms. The van der Waals surface area contributed by atoms with E-state index in [1.165, 1.54) is 24.6 Å². The second-order valence-electron chi connectivity index (χ2n) is 5.27. The summed E-state index contributed by atoms with van der Waals surface area (Å²) < 4.78 is 2.00. The molecular formula is C16H21ClN4OS. The first-order valence-electron chi connectivity index (χ1n) is 7.71. The molecule has 0 aliphatic rings. The number of amides is 1. The van der Waals surface area contributed by atoms with Crippen molar-refractivity contribution in [3.8, 4) is 0 Å². The third-order valence-corrected chi connectivity index (χ3v) is 4.66. The van der Waals surface area contributed by atoms with Gasteiger partial charge in [0.1, 0.15) is 6.33 Å². The number of hydrogen-bond acceptors (Lipinski definition) is 4.